The van der Waals surface area contributed by atoms with E-state index >= 15 is 0 Å². The van der Waals surface area contributed by atoms with Gasteiger partial charge in [0.1, 0.15) is 0 Å². The molecule has 0 bridgehead atoms. The largest absolute Gasteiger partial charge is 0.391 e. The van der Waals surface area contributed by atoms with Crippen LogP contribution in [0.1, 0.15) is 12.8 Å². The van der Waals surface area contributed by atoms with Gasteiger partial charge >= 0.3 is 6.18 Å². The van der Waals surface area contributed by atoms with Crippen LogP contribution in [0, 0.1) is 0 Å². The molecule has 0 aromatic rings. The molecule has 1 N–H and O–H groups in total. The quantitative estimate of drug-likeness (QED) is 0.653. The molecule has 0 saturated carbocycles. The summed E-state index contributed by atoms with van der Waals surface area (Å²) in [6.45, 7) is 0.561. The SMILES string of the molecule is COCCOCC(O)CCC(F)(F)F. The Balaban J connectivity index is 3.32. The lowest BCUT2D eigenvalue weighted by Gasteiger charge is -2.12. The first-order chi connectivity index (χ1) is 6.45. The number of ether oxygens (including phenoxy) is 2. The molecule has 0 aliphatic carbocycles. The van der Waals surface area contributed by atoms with E-state index in [1.807, 2.05) is 0 Å². The summed E-state index contributed by atoms with van der Waals surface area (Å²) in [5.41, 5.74) is 0. The predicted octanol–water partition coefficient (Wildman–Crippen LogP) is 1.35. The van der Waals surface area contributed by atoms with Crippen LogP contribution in [0.25, 0.3) is 0 Å². The highest BCUT2D eigenvalue weighted by atomic mass is 19.4. The third-order valence-corrected chi connectivity index (χ3v) is 1.50. The van der Waals surface area contributed by atoms with Crippen LogP contribution >= 0.6 is 0 Å². The minimum atomic E-state index is -4.21. The summed E-state index contributed by atoms with van der Waals surface area (Å²) < 4.78 is 44.6. The number of methoxy groups -OCH3 is 1. The number of aliphatic hydroxyl groups excluding tert-OH is 1. The Hall–Kier alpha value is -0.330. The topological polar surface area (TPSA) is 38.7 Å². The Morgan fingerprint density at radius 1 is 1.29 bits per heavy atom. The van der Waals surface area contributed by atoms with Crippen LogP contribution in [0.15, 0.2) is 0 Å². The van der Waals surface area contributed by atoms with Crippen molar-refractivity contribution in [3.8, 4) is 0 Å². The fourth-order valence-electron chi connectivity index (χ4n) is 0.775. The second kappa shape index (κ2) is 7.03. The van der Waals surface area contributed by atoms with Crippen LogP contribution in [-0.2, 0) is 9.47 Å². The molecule has 0 aliphatic heterocycles. The smallest absolute Gasteiger partial charge is 0.389 e. The Bertz CT molecular complexity index is 138. The lowest BCUT2D eigenvalue weighted by molar-refractivity contribution is -0.141. The van der Waals surface area contributed by atoms with E-state index in [9.17, 15) is 13.2 Å². The molecule has 0 aromatic heterocycles. The Morgan fingerprint density at radius 2 is 1.93 bits per heavy atom. The maximum absolute atomic E-state index is 11.7. The maximum atomic E-state index is 11.7. The first kappa shape index (κ1) is 13.7. The van der Waals surface area contributed by atoms with Crippen LogP contribution in [0.2, 0.25) is 0 Å². The average Bonchev–Trinajstić information content (AvgIpc) is 2.08. The van der Waals surface area contributed by atoms with Gasteiger partial charge in [-0.2, -0.15) is 13.2 Å². The van der Waals surface area contributed by atoms with Crippen LogP contribution < -0.4 is 0 Å². The molecule has 0 aliphatic rings. The van der Waals surface area contributed by atoms with Crippen LogP contribution in [0.5, 0.6) is 0 Å². The normalized spacial score (nSPS) is 14.4. The van der Waals surface area contributed by atoms with Gasteiger partial charge in [0.05, 0.1) is 25.9 Å². The highest BCUT2D eigenvalue weighted by Gasteiger charge is 2.27. The summed E-state index contributed by atoms with van der Waals surface area (Å²) in [5, 5.41) is 9.05. The van der Waals surface area contributed by atoms with Crippen molar-refractivity contribution in [1.29, 1.82) is 0 Å². The standard InChI is InChI=1S/C8H15F3O3/c1-13-4-5-14-6-7(12)2-3-8(9,10)11/h7,12H,2-6H2,1H3. The maximum Gasteiger partial charge on any atom is 0.389 e. The van der Waals surface area contributed by atoms with Crippen molar-refractivity contribution < 1.29 is 27.8 Å². The van der Waals surface area contributed by atoms with Gasteiger partial charge in [-0.3, -0.25) is 0 Å². The van der Waals surface area contributed by atoms with Gasteiger partial charge in [0.15, 0.2) is 0 Å². The van der Waals surface area contributed by atoms with Gasteiger partial charge < -0.3 is 14.6 Å². The zero-order valence-electron chi connectivity index (χ0n) is 8.01. The van der Waals surface area contributed by atoms with Crippen molar-refractivity contribution in [3.63, 3.8) is 0 Å². The van der Waals surface area contributed by atoms with Crippen molar-refractivity contribution >= 4 is 0 Å². The number of alkyl halides is 3. The monoisotopic (exact) mass is 216 g/mol. The van der Waals surface area contributed by atoms with E-state index in [0.29, 0.717) is 6.61 Å². The predicted molar refractivity (Wildman–Crippen MR) is 44.0 cm³/mol. The van der Waals surface area contributed by atoms with Crippen molar-refractivity contribution in [2.75, 3.05) is 26.9 Å². The van der Waals surface area contributed by atoms with Crippen molar-refractivity contribution in [1.82, 2.24) is 0 Å². The lowest BCUT2D eigenvalue weighted by atomic mass is 10.2. The molecule has 3 nitrogen and oxygen atoms in total. The van der Waals surface area contributed by atoms with E-state index in [4.69, 9.17) is 9.84 Å². The van der Waals surface area contributed by atoms with E-state index in [-0.39, 0.29) is 19.6 Å². The highest BCUT2D eigenvalue weighted by Crippen LogP contribution is 2.22. The minimum absolute atomic E-state index is 0.0839. The molecule has 86 valence electrons. The summed E-state index contributed by atoms with van der Waals surface area (Å²) in [6.07, 6.45) is -6.58. The summed E-state index contributed by atoms with van der Waals surface area (Å²) >= 11 is 0. The molecule has 0 fully saturated rings. The van der Waals surface area contributed by atoms with E-state index in [0.717, 1.165) is 0 Å². The zero-order valence-corrected chi connectivity index (χ0v) is 8.01. The third-order valence-electron chi connectivity index (χ3n) is 1.50. The molecule has 0 rings (SSSR count). The van der Waals surface area contributed by atoms with Crippen molar-refractivity contribution in [2.45, 2.75) is 25.1 Å². The molecule has 0 saturated heterocycles. The number of aliphatic hydroxyl groups is 1. The van der Waals surface area contributed by atoms with Crippen LogP contribution in [0.4, 0.5) is 13.2 Å². The van der Waals surface area contributed by atoms with Gasteiger partial charge in [-0.15, -0.1) is 0 Å². The molecule has 0 radical (unpaired) electrons. The van der Waals surface area contributed by atoms with Crippen molar-refractivity contribution in [3.05, 3.63) is 0 Å². The first-order valence-electron chi connectivity index (χ1n) is 4.27. The molecule has 0 amide bonds. The van der Waals surface area contributed by atoms with Crippen molar-refractivity contribution in [2.24, 2.45) is 0 Å². The molecule has 0 heterocycles. The fourth-order valence-corrected chi connectivity index (χ4v) is 0.775. The number of rotatable bonds is 7. The molecule has 0 spiro atoms. The van der Waals surface area contributed by atoms with Gasteiger partial charge in [0.2, 0.25) is 0 Å². The number of hydrogen-bond acceptors (Lipinski definition) is 3. The van der Waals surface area contributed by atoms with Crippen LogP contribution in [-0.4, -0.2) is 44.3 Å². The summed E-state index contributed by atoms with van der Waals surface area (Å²) in [4.78, 5) is 0. The van der Waals surface area contributed by atoms with E-state index in [1.54, 1.807) is 0 Å². The summed E-state index contributed by atoms with van der Waals surface area (Å²) in [7, 11) is 1.49. The van der Waals surface area contributed by atoms with Gasteiger partial charge in [0, 0.05) is 13.5 Å². The molecule has 6 heteroatoms. The third kappa shape index (κ3) is 9.76. The molecular formula is C8H15F3O3. The molecule has 0 aromatic carbocycles. The van der Waals surface area contributed by atoms with Gasteiger partial charge in [-0.1, -0.05) is 0 Å². The van der Waals surface area contributed by atoms with E-state index in [2.05, 4.69) is 4.74 Å². The Kier molecular flexibility index (Phi) is 6.86. The molecule has 1 unspecified atom stereocenters. The molecular weight excluding hydrogens is 201 g/mol. The van der Waals surface area contributed by atoms with E-state index < -0.39 is 18.7 Å². The second-order valence-electron chi connectivity index (χ2n) is 2.88. The zero-order chi connectivity index (χ0) is 11.0. The van der Waals surface area contributed by atoms with Gasteiger partial charge in [-0.05, 0) is 6.42 Å². The fraction of sp³-hybridized carbons (Fsp3) is 1.00. The Morgan fingerprint density at radius 3 is 2.43 bits per heavy atom. The summed E-state index contributed by atoms with van der Waals surface area (Å²) in [6, 6.07) is 0. The van der Waals surface area contributed by atoms with Crippen LogP contribution in [0.3, 0.4) is 0 Å². The van der Waals surface area contributed by atoms with E-state index in [1.165, 1.54) is 7.11 Å². The minimum Gasteiger partial charge on any atom is -0.391 e. The van der Waals surface area contributed by atoms with Gasteiger partial charge in [-0.25, -0.2) is 0 Å². The average molecular weight is 216 g/mol. The Labute approximate surface area is 80.8 Å². The number of halogens is 3. The van der Waals surface area contributed by atoms with Gasteiger partial charge in [0.25, 0.3) is 0 Å². The first-order valence-corrected chi connectivity index (χ1v) is 4.27. The lowest BCUT2D eigenvalue weighted by Crippen LogP contribution is -2.20. The molecule has 14 heavy (non-hydrogen) atoms. The second-order valence-corrected chi connectivity index (χ2v) is 2.88. The number of hydrogen-bond donors (Lipinski definition) is 1. The summed E-state index contributed by atoms with van der Waals surface area (Å²) in [5.74, 6) is 0. The highest BCUT2D eigenvalue weighted by molar-refractivity contribution is 4.58. The molecule has 1 atom stereocenters.